The van der Waals surface area contributed by atoms with Crippen molar-refractivity contribution < 1.29 is 15.0 Å². The number of hydrogen-bond acceptors (Lipinski definition) is 2. The molecule has 0 saturated heterocycles. The van der Waals surface area contributed by atoms with E-state index in [-0.39, 0.29) is 11.8 Å². The Morgan fingerprint density at radius 3 is 2.61 bits per heavy atom. The van der Waals surface area contributed by atoms with Gasteiger partial charge in [-0.2, -0.15) is 0 Å². The van der Waals surface area contributed by atoms with Crippen LogP contribution in [0.5, 0.6) is 0 Å². The van der Waals surface area contributed by atoms with Crippen molar-refractivity contribution in [2.24, 2.45) is 34.5 Å². The largest absolute Gasteiger partial charge is 0.481 e. The number of rotatable bonds is 5. The second-order valence-electron chi connectivity index (χ2n) is 8.93. The lowest BCUT2D eigenvalue weighted by molar-refractivity contribution is -0.162. The molecule has 4 rings (SSSR count). The highest BCUT2D eigenvalue weighted by Gasteiger charge is 2.60. The Bertz CT molecular complexity index is 499. The zero-order chi connectivity index (χ0) is 16.8. The fourth-order valence-corrected chi connectivity index (χ4v) is 6.80. The summed E-state index contributed by atoms with van der Waals surface area (Å²) in [6.07, 6.45) is 8.30. The summed E-state index contributed by atoms with van der Waals surface area (Å²) in [6.45, 7) is 9.04. The van der Waals surface area contributed by atoms with Crippen molar-refractivity contribution in [3.8, 4) is 0 Å². The molecule has 0 aromatic carbocycles. The molecule has 4 aliphatic rings. The lowest BCUT2D eigenvalue weighted by atomic mass is 9.39. The maximum Gasteiger partial charge on any atom is 0.303 e. The van der Waals surface area contributed by atoms with E-state index < -0.39 is 5.97 Å². The van der Waals surface area contributed by atoms with Gasteiger partial charge in [-0.05, 0) is 86.4 Å². The highest BCUT2D eigenvalue weighted by molar-refractivity contribution is 5.66. The molecular formula is C20H32O3. The Morgan fingerprint density at radius 2 is 2.00 bits per heavy atom. The molecule has 0 unspecified atom stereocenters. The molecule has 3 heteroatoms. The second-order valence-corrected chi connectivity index (χ2v) is 8.93. The first-order chi connectivity index (χ1) is 10.8. The van der Waals surface area contributed by atoms with Crippen LogP contribution in [0.1, 0.15) is 65.2 Å². The topological polar surface area (TPSA) is 57.5 Å². The molecule has 4 fully saturated rings. The Labute approximate surface area is 140 Å². The van der Waals surface area contributed by atoms with Gasteiger partial charge < -0.3 is 10.2 Å². The molecule has 2 N–H and O–H groups in total. The standard InChI is InChI=1S/C20H32O3/c1-13(2)16-5-9-20-8-4-14(15(11-20)12-21)10-17(20)19(16,3)7-6-18(22)23/h14-17,21H,1,4-12H2,2-3H3,(H,22,23)/t14-,15+,16+,17-,19+,20+/m0/s1. The zero-order valence-electron chi connectivity index (χ0n) is 14.7. The van der Waals surface area contributed by atoms with E-state index in [1.807, 2.05) is 0 Å². The van der Waals surface area contributed by atoms with Crippen molar-refractivity contribution in [2.75, 3.05) is 6.61 Å². The molecule has 130 valence electrons. The summed E-state index contributed by atoms with van der Waals surface area (Å²) in [4.78, 5) is 11.2. The van der Waals surface area contributed by atoms with E-state index in [1.165, 1.54) is 31.3 Å². The molecule has 0 heterocycles. The van der Waals surface area contributed by atoms with Crippen LogP contribution < -0.4 is 0 Å². The van der Waals surface area contributed by atoms with E-state index >= 15 is 0 Å². The second kappa shape index (κ2) is 5.91. The van der Waals surface area contributed by atoms with E-state index in [4.69, 9.17) is 0 Å². The number of carbonyl (C=O) groups is 1. The number of aliphatic carboxylic acids is 1. The lowest BCUT2D eigenvalue weighted by Gasteiger charge is -2.65. The molecular weight excluding hydrogens is 288 g/mol. The smallest absolute Gasteiger partial charge is 0.303 e. The van der Waals surface area contributed by atoms with Gasteiger partial charge in [-0.1, -0.05) is 19.1 Å². The van der Waals surface area contributed by atoms with Crippen LogP contribution in [0.2, 0.25) is 0 Å². The van der Waals surface area contributed by atoms with Crippen LogP contribution in [-0.2, 0) is 4.79 Å². The number of carboxylic acid groups (broad SMARTS) is 1. The lowest BCUT2D eigenvalue weighted by Crippen LogP contribution is -2.58. The van der Waals surface area contributed by atoms with Gasteiger partial charge in [0.25, 0.3) is 0 Å². The Morgan fingerprint density at radius 1 is 1.30 bits per heavy atom. The maximum atomic E-state index is 11.2. The minimum Gasteiger partial charge on any atom is -0.481 e. The van der Waals surface area contributed by atoms with Crippen LogP contribution in [0.15, 0.2) is 12.2 Å². The number of hydrogen-bond donors (Lipinski definition) is 2. The average Bonchev–Trinajstić information content (AvgIpc) is 2.52. The Balaban J connectivity index is 1.93. The first-order valence-electron chi connectivity index (χ1n) is 9.30. The third-order valence-electron chi connectivity index (χ3n) is 7.86. The van der Waals surface area contributed by atoms with Gasteiger partial charge in [0.2, 0.25) is 0 Å². The Hall–Kier alpha value is -0.830. The number of carboxylic acids is 1. The fraction of sp³-hybridized carbons (Fsp3) is 0.850. The van der Waals surface area contributed by atoms with Gasteiger partial charge in [-0.25, -0.2) is 0 Å². The average molecular weight is 320 g/mol. The number of allylic oxidation sites excluding steroid dienone is 1. The summed E-state index contributed by atoms with van der Waals surface area (Å²) in [5.74, 6) is 1.49. The summed E-state index contributed by atoms with van der Waals surface area (Å²) in [7, 11) is 0. The zero-order valence-corrected chi connectivity index (χ0v) is 14.7. The highest BCUT2D eigenvalue weighted by atomic mass is 16.4. The van der Waals surface area contributed by atoms with Gasteiger partial charge in [0.15, 0.2) is 0 Å². The van der Waals surface area contributed by atoms with E-state index in [0.717, 1.165) is 19.3 Å². The third-order valence-corrected chi connectivity index (χ3v) is 7.86. The van der Waals surface area contributed by atoms with Crippen molar-refractivity contribution in [3.05, 3.63) is 12.2 Å². The number of aliphatic hydroxyl groups is 1. The van der Waals surface area contributed by atoms with Gasteiger partial charge in [0, 0.05) is 13.0 Å². The van der Waals surface area contributed by atoms with Crippen LogP contribution in [-0.4, -0.2) is 22.8 Å². The maximum absolute atomic E-state index is 11.2. The first kappa shape index (κ1) is 17.0. The Kier molecular flexibility index (Phi) is 4.37. The minimum atomic E-state index is -0.680. The predicted molar refractivity (Wildman–Crippen MR) is 91.0 cm³/mol. The molecule has 3 nitrogen and oxygen atoms in total. The molecule has 1 spiro atoms. The SMILES string of the molecule is C=C(C)[C@H]1CC[C@@]23CC[C@@H](C[C@H]2[C@]1(C)CCC(=O)O)[C@@H](CO)C3. The van der Waals surface area contributed by atoms with E-state index in [9.17, 15) is 15.0 Å². The summed E-state index contributed by atoms with van der Waals surface area (Å²) in [5.41, 5.74) is 1.64. The van der Waals surface area contributed by atoms with Crippen molar-refractivity contribution in [1.29, 1.82) is 0 Å². The van der Waals surface area contributed by atoms with Gasteiger partial charge in [-0.15, -0.1) is 0 Å². The fourth-order valence-electron chi connectivity index (χ4n) is 6.80. The van der Waals surface area contributed by atoms with E-state index in [0.29, 0.717) is 35.7 Å². The van der Waals surface area contributed by atoms with Crippen LogP contribution in [0.3, 0.4) is 0 Å². The summed E-state index contributed by atoms with van der Waals surface area (Å²) >= 11 is 0. The van der Waals surface area contributed by atoms with Crippen LogP contribution in [0, 0.1) is 34.5 Å². The van der Waals surface area contributed by atoms with Gasteiger partial charge in [0.05, 0.1) is 0 Å². The summed E-state index contributed by atoms with van der Waals surface area (Å²) in [5, 5.41) is 19.0. The van der Waals surface area contributed by atoms with Gasteiger partial charge in [-0.3, -0.25) is 4.79 Å². The molecule has 2 bridgehead atoms. The van der Waals surface area contributed by atoms with Gasteiger partial charge in [0.1, 0.15) is 0 Å². The first-order valence-corrected chi connectivity index (χ1v) is 9.30. The summed E-state index contributed by atoms with van der Waals surface area (Å²) < 4.78 is 0. The quantitative estimate of drug-likeness (QED) is 0.744. The summed E-state index contributed by atoms with van der Waals surface area (Å²) in [6, 6.07) is 0. The molecule has 6 atom stereocenters. The molecule has 0 aromatic rings. The van der Waals surface area contributed by atoms with E-state index in [2.05, 4.69) is 20.4 Å². The molecule has 0 radical (unpaired) electrons. The van der Waals surface area contributed by atoms with Crippen molar-refractivity contribution in [1.82, 2.24) is 0 Å². The van der Waals surface area contributed by atoms with Crippen LogP contribution >= 0.6 is 0 Å². The molecule has 0 amide bonds. The monoisotopic (exact) mass is 320 g/mol. The normalized spacial score (nSPS) is 45.5. The number of aliphatic hydroxyl groups excluding tert-OH is 1. The predicted octanol–water partition coefficient (Wildman–Crippen LogP) is 4.26. The van der Waals surface area contributed by atoms with Crippen LogP contribution in [0.4, 0.5) is 0 Å². The molecule has 23 heavy (non-hydrogen) atoms. The molecule has 0 aliphatic heterocycles. The van der Waals surface area contributed by atoms with Crippen LogP contribution in [0.25, 0.3) is 0 Å². The van der Waals surface area contributed by atoms with Gasteiger partial charge >= 0.3 is 5.97 Å². The van der Waals surface area contributed by atoms with Crippen molar-refractivity contribution in [3.63, 3.8) is 0 Å². The number of fused-ring (bicyclic) bond motifs is 2. The molecule has 4 saturated carbocycles. The highest BCUT2D eigenvalue weighted by Crippen LogP contribution is 2.69. The van der Waals surface area contributed by atoms with E-state index in [1.54, 1.807) is 0 Å². The minimum absolute atomic E-state index is 0.0571. The third kappa shape index (κ3) is 2.65. The van der Waals surface area contributed by atoms with Crippen molar-refractivity contribution in [2.45, 2.75) is 65.2 Å². The molecule has 0 aromatic heterocycles. The molecule has 4 aliphatic carbocycles. The van der Waals surface area contributed by atoms with Crippen molar-refractivity contribution >= 4 is 5.97 Å².